The van der Waals surface area contributed by atoms with Gasteiger partial charge in [0.15, 0.2) is 0 Å². The van der Waals surface area contributed by atoms with E-state index in [9.17, 15) is 0 Å². The summed E-state index contributed by atoms with van der Waals surface area (Å²) in [6, 6.07) is 20.6. The van der Waals surface area contributed by atoms with E-state index in [0.29, 0.717) is 0 Å². The molecule has 0 radical (unpaired) electrons. The largest absolute Gasteiger partial charge is 0.159 e. The van der Waals surface area contributed by atoms with Crippen molar-refractivity contribution < 1.29 is 0 Å². The monoisotopic (exact) mass is 290 g/mol. The van der Waals surface area contributed by atoms with E-state index in [4.69, 9.17) is 0 Å². The summed E-state index contributed by atoms with van der Waals surface area (Å²) in [6.45, 7) is 2.30. The lowest BCUT2D eigenvalue weighted by Crippen LogP contribution is -2.12. The van der Waals surface area contributed by atoms with E-state index in [-0.39, 0.29) is 0 Å². The van der Waals surface area contributed by atoms with E-state index in [1.54, 1.807) is 0 Å². The van der Waals surface area contributed by atoms with Crippen LogP contribution in [0.3, 0.4) is 0 Å². The molecule has 112 valence electrons. The first-order valence-electron chi connectivity index (χ1n) is 8.07. The third kappa shape index (κ3) is 3.70. The molecule has 0 aliphatic heterocycles. The fourth-order valence-electron chi connectivity index (χ4n) is 2.95. The second-order valence-corrected chi connectivity index (χ2v) is 6.05. The maximum absolute atomic E-state index is 4.63. The predicted octanol–water partition coefficient (Wildman–Crippen LogP) is 5.09. The smallest absolute Gasteiger partial charge is 0.100 e. The van der Waals surface area contributed by atoms with Crippen LogP contribution in [0.15, 0.2) is 70.9 Å². The zero-order valence-corrected chi connectivity index (χ0v) is 13.1. The van der Waals surface area contributed by atoms with Crippen LogP contribution in [-0.4, -0.2) is 11.4 Å². The summed E-state index contributed by atoms with van der Waals surface area (Å²) in [4.78, 5) is 0. The zero-order chi connectivity index (χ0) is 15.2. The lowest BCUT2D eigenvalue weighted by atomic mass is 9.89. The molecular formula is C20H22N2. The van der Waals surface area contributed by atoms with E-state index in [1.807, 2.05) is 36.4 Å². The van der Waals surface area contributed by atoms with Crippen molar-refractivity contribution in [3.8, 4) is 0 Å². The molecule has 2 nitrogen and oxygen atoms in total. The molecular weight excluding hydrogens is 268 g/mol. The number of nitrogens with zero attached hydrogens (tertiary/aromatic N) is 2. The van der Waals surface area contributed by atoms with Gasteiger partial charge in [-0.25, -0.2) is 0 Å². The summed E-state index contributed by atoms with van der Waals surface area (Å²) in [7, 11) is 0. The Morgan fingerprint density at radius 2 is 1.50 bits per heavy atom. The summed E-state index contributed by atoms with van der Waals surface area (Å²) in [5, 5.41) is 9.22. The average Bonchev–Trinajstić information content (AvgIpc) is 2.57. The van der Waals surface area contributed by atoms with Gasteiger partial charge in [-0.2, -0.15) is 5.10 Å². The van der Waals surface area contributed by atoms with Gasteiger partial charge in [-0.3, -0.25) is 0 Å². The first-order chi connectivity index (χ1) is 10.8. The molecule has 2 aromatic rings. The fourth-order valence-corrected chi connectivity index (χ4v) is 2.95. The SMILES string of the molecule is C[C@H]1CCC/C(=N/N=C(c2ccccc2)c2ccccc2)C1. The van der Waals surface area contributed by atoms with E-state index >= 15 is 0 Å². The van der Waals surface area contributed by atoms with Gasteiger partial charge in [-0.05, 0) is 31.6 Å². The second kappa shape index (κ2) is 7.17. The van der Waals surface area contributed by atoms with Gasteiger partial charge in [-0.1, -0.05) is 67.6 Å². The standard InChI is InChI=1S/C20H22N2/c1-16-9-8-14-19(15-16)21-22-20(17-10-4-2-5-11-17)18-12-6-3-7-13-18/h2-7,10-13,16H,8-9,14-15H2,1H3/b21-19-/t16-/m0/s1. The zero-order valence-electron chi connectivity index (χ0n) is 13.1. The highest BCUT2D eigenvalue weighted by atomic mass is 15.2. The van der Waals surface area contributed by atoms with Crippen LogP contribution in [0.2, 0.25) is 0 Å². The van der Waals surface area contributed by atoms with Crippen molar-refractivity contribution in [2.24, 2.45) is 16.1 Å². The molecule has 22 heavy (non-hydrogen) atoms. The topological polar surface area (TPSA) is 24.7 Å². The molecule has 2 aromatic carbocycles. The molecule has 0 bridgehead atoms. The molecule has 0 saturated heterocycles. The van der Waals surface area contributed by atoms with Crippen molar-refractivity contribution in [1.29, 1.82) is 0 Å². The molecule has 0 aromatic heterocycles. The Morgan fingerprint density at radius 1 is 0.909 bits per heavy atom. The summed E-state index contributed by atoms with van der Waals surface area (Å²) < 4.78 is 0. The van der Waals surface area contributed by atoms with Crippen molar-refractivity contribution in [3.05, 3.63) is 71.8 Å². The highest BCUT2D eigenvalue weighted by molar-refractivity contribution is 6.13. The number of hydrogen-bond acceptors (Lipinski definition) is 2. The molecule has 0 spiro atoms. The maximum Gasteiger partial charge on any atom is 0.100 e. The summed E-state index contributed by atoms with van der Waals surface area (Å²) in [5.74, 6) is 0.736. The minimum atomic E-state index is 0.736. The normalized spacial score (nSPS) is 19.9. The molecule has 0 unspecified atom stereocenters. The lowest BCUT2D eigenvalue weighted by Gasteiger charge is -2.18. The van der Waals surface area contributed by atoms with Gasteiger partial charge in [-0.15, -0.1) is 5.10 Å². The molecule has 1 aliphatic carbocycles. The highest BCUT2D eigenvalue weighted by Crippen LogP contribution is 2.21. The van der Waals surface area contributed by atoms with Crippen LogP contribution in [0.4, 0.5) is 0 Å². The van der Waals surface area contributed by atoms with Crippen LogP contribution in [0.25, 0.3) is 0 Å². The quantitative estimate of drug-likeness (QED) is 0.555. The minimum Gasteiger partial charge on any atom is -0.159 e. The van der Waals surface area contributed by atoms with Gasteiger partial charge in [0.05, 0.1) is 0 Å². The van der Waals surface area contributed by atoms with Crippen molar-refractivity contribution in [2.45, 2.75) is 32.6 Å². The molecule has 1 aliphatic rings. The summed E-state index contributed by atoms with van der Waals surface area (Å²) in [5.41, 5.74) is 4.42. The molecule has 0 N–H and O–H groups in total. The Bertz CT molecular complexity index is 615. The van der Waals surface area contributed by atoms with Crippen molar-refractivity contribution >= 4 is 11.4 Å². The minimum absolute atomic E-state index is 0.736. The molecule has 1 saturated carbocycles. The second-order valence-electron chi connectivity index (χ2n) is 6.05. The van der Waals surface area contributed by atoms with Gasteiger partial charge in [0.2, 0.25) is 0 Å². The number of rotatable bonds is 3. The Morgan fingerprint density at radius 3 is 2.05 bits per heavy atom. The fraction of sp³-hybridized carbons (Fsp3) is 0.300. The van der Waals surface area contributed by atoms with Crippen molar-refractivity contribution in [2.75, 3.05) is 0 Å². The molecule has 0 heterocycles. The van der Waals surface area contributed by atoms with Crippen LogP contribution in [0.5, 0.6) is 0 Å². The first-order valence-corrected chi connectivity index (χ1v) is 8.07. The Kier molecular flexibility index (Phi) is 4.79. The van der Waals surface area contributed by atoms with E-state index in [2.05, 4.69) is 41.4 Å². The Labute approximate surface area is 132 Å². The van der Waals surface area contributed by atoms with E-state index in [1.165, 1.54) is 18.6 Å². The van der Waals surface area contributed by atoms with Gasteiger partial charge in [0, 0.05) is 16.8 Å². The highest BCUT2D eigenvalue weighted by Gasteiger charge is 2.14. The van der Waals surface area contributed by atoms with Gasteiger partial charge in [0.25, 0.3) is 0 Å². The summed E-state index contributed by atoms with van der Waals surface area (Å²) >= 11 is 0. The Hall–Kier alpha value is -2.22. The van der Waals surface area contributed by atoms with E-state index in [0.717, 1.165) is 35.6 Å². The molecule has 3 rings (SSSR count). The van der Waals surface area contributed by atoms with Crippen LogP contribution in [-0.2, 0) is 0 Å². The van der Waals surface area contributed by atoms with Crippen LogP contribution in [0, 0.1) is 5.92 Å². The van der Waals surface area contributed by atoms with Crippen LogP contribution >= 0.6 is 0 Å². The first kappa shape index (κ1) is 14.7. The maximum atomic E-state index is 4.63. The van der Waals surface area contributed by atoms with Gasteiger partial charge < -0.3 is 0 Å². The molecule has 0 amide bonds. The molecule has 2 heteroatoms. The Balaban J connectivity index is 1.95. The van der Waals surface area contributed by atoms with Gasteiger partial charge >= 0.3 is 0 Å². The van der Waals surface area contributed by atoms with E-state index < -0.39 is 0 Å². The van der Waals surface area contributed by atoms with Crippen molar-refractivity contribution in [1.82, 2.24) is 0 Å². The predicted molar refractivity (Wildman–Crippen MR) is 93.6 cm³/mol. The average molecular weight is 290 g/mol. The summed E-state index contributed by atoms with van der Waals surface area (Å²) in [6.07, 6.45) is 4.72. The third-order valence-corrected chi connectivity index (χ3v) is 4.13. The van der Waals surface area contributed by atoms with Crippen LogP contribution in [0.1, 0.15) is 43.7 Å². The van der Waals surface area contributed by atoms with Gasteiger partial charge in [0.1, 0.15) is 5.71 Å². The lowest BCUT2D eigenvalue weighted by molar-refractivity contribution is 0.499. The van der Waals surface area contributed by atoms with Crippen molar-refractivity contribution in [3.63, 3.8) is 0 Å². The van der Waals surface area contributed by atoms with Crippen LogP contribution < -0.4 is 0 Å². The molecule has 1 fully saturated rings. The third-order valence-electron chi connectivity index (χ3n) is 4.13. The molecule has 1 atom stereocenters. The number of hydrogen-bond donors (Lipinski definition) is 0. The number of benzene rings is 2.